The molecule has 0 amide bonds. The summed E-state index contributed by atoms with van der Waals surface area (Å²) in [7, 11) is 0. The predicted molar refractivity (Wildman–Crippen MR) is 344 cm³/mol. The van der Waals surface area contributed by atoms with Crippen LogP contribution < -0.4 is 0 Å². The maximum atomic E-state index is 12.9. The van der Waals surface area contributed by atoms with E-state index in [0.717, 1.165) is 109 Å². The summed E-state index contributed by atoms with van der Waals surface area (Å²) >= 11 is 0. The Balaban J connectivity index is 4.28. The van der Waals surface area contributed by atoms with E-state index in [1.807, 2.05) is 0 Å². The molecule has 0 aromatic heterocycles. The minimum Gasteiger partial charge on any atom is -0.462 e. The van der Waals surface area contributed by atoms with Crippen molar-refractivity contribution >= 4 is 17.9 Å². The van der Waals surface area contributed by atoms with Crippen molar-refractivity contribution in [3.05, 3.63) is 72.9 Å². The number of carbonyl (C=O) groups excluding carboxylic acids is 3. The molecule has 0 aliphatic heterocycles. The van der Waals surface area contributed by atoms with Crippen molar-refractivity contribution in [1.82, 2.24) is 0 Å². The van der Waals surface area contributed by atoms with Crippen molar-refractivity contribution in [1.29, 1.82) is 0 Å². The van der Waals surface area contributed by atoms with Crippen LogP contribution in [-0.2, 0) is 28.6 Å². The van der Waals surface area contributed by atoms with E-state index in [-0.39, 0.29) is 31.1 Å². The largest absolute Gasteiger partial charge is 0.462 e. The lowest BCUT2D eigenvalue weighted by Crippen LogP contribution is -2.30. The molecule has 0 aromatic carbocycles. The molecule has 0 saturated carbocycles. The monoisotopic (exact) mass is 1100 g/mol. The molecule has 0 aromatic rings. The van der Waals surface area contributed by atoms with Crippen molar-refractivity contribution in [2.75, 3.05) is 13.2 Å². The van der Waals surface area contributed by atoms with Gasteiger partial charge in [0.15, 0.2) is 6.10 Å². The molecular weight excluding hydrogens is 973 g/mol. The average molecular weight is 1100 g/mol. The van der Waals surface area contributed by atoms with Crippen LogP contribution in [0.4, 0.5) is 0 Å². The molecule has 0 radical (unpaired) electrons. The van der Waals surface area contributed by atoms with Gasteiger partial charge in [-0.05, 0) is 70.6 Å². The number of esters is 3. The molecule has 0 rings (SSSR count). The van der Waals surface area contributed by atoms with Crippen LogP contribution in [0.5, 0.6) is 0 Å². The van der Waals surface area contributed by atoms with Crippen molar-refractivity contribution in [2.24, 2.45) is 0 Å². The SMILES string of the molecule is CC/C=C\C/C=C\C/C=C\C/C=C\C/C=C\C/C=C\CCCCCCC(=O)OC(COC(=O)CCCCCCCCCCCCCC)COC(=O)CCCCCCCCCCCCCCCCCCCCCCCCCCCC. The molecule has 0 heterocycles. The lowest BCUT2D eigenvalue weighted by atomic mass is 10.0. The first-order chi connectivity index (χ1) is 39.0. The van der Waals surface area contributed by atoms with Crippen LogP contribution in [0.2, 0.25) is 0 Å². The van der Waals surface area contributed by atoms with Gasteiger partial charge in [-0.3, -0.25) is 14.4 Å². The normalized spacial score (nSPS) is 12.5. The van der Waals surface area contributed by atoms with E-state index < -0.39 is 6.10 Å². The van der Waals surface area contributed by atoms with Gasteiger partial charge in [0, 0.05) is 19.3 Å². The molecule has 458 valence electrons. The first kappa shape index (κ1) is 75.8. The van der Waals surface area contributed by atoms with E-state index in [1.54, 1.807) is 0 Å². The van der Waals surface area contributed by atoms with Crippen molar-refractivity contribution in [3.8, 4) is 0 Å². The van der Waals surface area contributed by atoms with Gasteiger partial charge in [-0.15, -0.1) is 0 Å². The maximum absolute atomic E-state index is 12.9. The second kappa shape index (κ2) is 67.4. The highest BCUT2D eigenvalue weighted by molar-refractivity contribution is 5.71. The smallest absolute Gasteiger partial charge is 0.306 e. The third-order valence-electron chi connectivity index (χ3n) is 15.2. The van der Waals surface area contributed by atoms with Gasteiger partial charge >= 0.3 is 17.9 Å². The second-order valence-electron chi connectivity index (χ2n) is 23.1. The molecule has 0 aliphatic carbocycles. The van der Waals surface area contributed by atoms with Crippen LogP contribution >= 0.6 is 0 Å². The number of rotatable bonds is 63. The van der Waals surface area contributed by atoms with Crippen LogP contribution in [0.1, 0.15) is 355 Å². The molecule has 0 bridgehead atoms. The second-order valence-corrected chi connectivity index (χ2v) is 23.1. The third kappa shape index (κ3) is 65.5. The number of hydrogen-bond donors (Lipinski definition) is 0. The molecule has 6 nitrogen and oxygen atoms in total. The molecule has 0 saturated heterocycles. The minimum atomic E-state index is -0.788. The number of unbranched alkanes of at least 4 members (excludes halogenated alkanes) is 40. The van der Waals surface area contributed by atoms with E-state index in [2.05, 4.69) is 93.7 Å². The Morgan fingerprint density at radius 3 is 0.772 bits per heavy atom. The zero-order valence-electron chi connectivity index (χ0n) is 52.6. The van der Waals surface area contributed by atoms with Gasteiger partial charge < -0.3 is 14.2 Å². The fourth-order valence-corrected chi connectivity index (χ4v) is 10.1. The fraction of sp³-hybridized carbons (Fsp3) is 0.795. The molecule has 0 spiro atoms. The minimum absolute atomic E-state index is 0.0815. The summed E-state index contributed by atoms with van der Waals surface area (Å²) in [5.41, 5.74) is 0. The first-order valence-electron chi connectivity index (χ1n) is 34.4. The summed E-state index contributed by atoms with van der Waals surface area (Å²) in [4.78, 5) is 38.4. The number of hydrogen-bond acceptors (Lipinski definition) is 6. The van der Waals surface area contributed by atoms with Gasteiger partial charge in [-0.1, -0.05) is 338 Å². The van der Waals surface area contributed by atoms with Crippen molar-refractivity contribution in [2.45, 2.75) is 361 Å². The quantitative estimate of drug-likeness (QED) is 0.0261. The summed E-state index contributed by atoms with van der Waals surface area (Å²) in [5.74, 6) is -0.887. The van der Waals surface area contributed by atoms with Crippen molar-refractivity contribution in [3.63, 3.8) is 0 Å². The van der Waals surface area contributed by atoms with Crippen LogP contribution in [0.25, 0.3) is 0 Å². The summed E-state index contributed by atoms with van der Waals surface area (Å²) in [6.07, 6.45) is 87.9. The van der Waals surface area contributed by atoms with Gasteiger partial charge in [0.25, 0.3) is 0 Å². The Bertz CT molecular complexity index is 1450. The highest BCUT2D eigenvalue weighted by Crippen LogP contribution is 2.18. The molecule has 1 unspecified atom stereocenters. The molecule has 0 N–H and O–H groups in total. The third-order valence-corrected chi connectivity index (χ3v) is 15.2. The number of ether oxygens (including phenoxy) is 3. The zero-order chi connectivity index (χ0) is 57.1. The number of carbonyl (C=O) groups is 3. The highest BCUT2D eigenvalue weighted by atomic mass is 16.6. The zero-order valence-corrected chi connectivity index (χ0v) is 52.6. The summed E-state index contributed by atoms with van der Waals surface area (Å²) in [6.45, 7) is 6.56. The Kier molecular flexibility index (Phi) is 64.7. The highest BCUT2D eigenvalue weighted by Gasteiger charge is 2.19. The number of allylic oxidation sites excluding steroid dienone is 12. The molecule has 0 aliphatic rings. The lowest BCUT2D eigenvalue weighted by Gasteiger charge is -2.18. The predicted octanol–water partition coefficient (Wildman–Crippen LogP) is 23.7. The summed E-state index contributed by atoms with van der Waals surface area (Å²) in [6, 6.07) is 0. The summed E-state index contributed by atoms with van der Waals surface area (Å²) in [5, 5.41) is 0. The van der Waals surface area contributed by atoms with E-state index in [9.17, 15) is 14.4 Å². The molecule has 1 atom stereocenters. The van der Waals surface area contributed by atoms with E-state index >= 15 is 0 Å². The Hall–Kier alpha value is -3.15. The van der Waals surface area contributed by atoms with Gasteiger partial charge in [0.2, 0.25) is 0 Å². The molecule has 6 heteroatoms. The Morgan fingerprint density at radius 2 is 0.494 bits per heavy atom. The average Bonchev–Trinajstić information content (AvgIpc) is 3.45. The molecule has 0 fully saturated rings. The van der Waals surface area contributed by atoms with Crippen LogP contribution in [0.3, 0.4) is 0 Å². The van der Waals surface area contributed by atoms with E-state index in [4.69, 9.17) is 14.2 Å². The first-order valence-corrected chi connectivity index (χ1v) is 34.4. The Morgan fingerprint density at radius 1 is 0.266 bits per heavy atom. The molecular formula is C73H130O6. The van der Waals surface area contributed by atoms with Crippen LogP contribution in [0, 0.1) is 0 Å². The molecule has 79 heavy (non-hydrogen) atoms. The van der Waals surface area contributed by atoms with E-state index in [1.165, 1.54) is 205 Å². The van der Waals surface area contributed by atoms with E-state index in [0.29, 0.717) is 19.3 Å². The lowest BCUT2D eigenvalue weighted by molar-refractivity contribution is -0.167. The summed E-state index contributed by atoms with van der Waals surface area (Å²) < 4.78 is 16.9. The fourth-order valence-electron chi connectivity index (χ4n) is 10.1. The van der Waals surface area contributed by atoms with Gasteiger partial charge in [-0.2, -0.15) is 0 Å². The van der Waals surface area contributed by atoms with Gasteiger partial charge in [0.05, 0.1) is 0 Å². The topological polar surface area (TPSA) is 78.9 Å². The van der Waals surface area contributed by atoms with Crippen molar-refractivity contribution < 1.29 is 28.6 Å². The van der Waals surface area contributed by atoms with Gasteiger partial charge in [-0.25, -0.2) is 0 Å². The standard InChI is InChI=1S/C73H130O6/c1-4-7-10-13-16-19-22-25-27-29-31-33-35-36-37-39-40-42-44-46-48-51-54-57-60-63-66-72(75)78-69-70(68-77-71(74)65-62-59-56-53-50-24-21-18-15-12-9-6-3)79-73(76)67-64-61-58-55-52-49-47-45-43-41-38-34-32-30-28-26-23-20-17-14-11-8-5-2/h8,11,17,20,26,28,32,34,41,43,47,49,70H,4-7,9-10,12-16,18-19,21-25,27,29-31,33,35-40,42,44-46,48,50-69H2,1-3H3/b11-8-,20-17-,28-26-,34-32-,43-41-,49-47-. The maximum Gasteiger partial charge on any atom is 0.306 e. The van der Waals surface area contributed by atoms with Gasteiger partial charge in [0.1, 0.15) is 13.2 Å². The Labute approximate surface area is 491 Å². The van der Waals surface area contributed by atoms with Crippen LogP contribution in [-0.4, -0.2) is 37.2 Å². The van der Waals surface area contributed by atoms with Crippen LogP contribution in [0.15, 0.2) is 72.9 Å².